The smallest absolute Gasteiger partial charge is 0.266 e. The molecule has 0 aliphatic carbocycles. The number of thioether (sulfide) groups is 1. The Morgan fingerprint density at radius 3 is 2.89 bits per heavy atom. The molecule has 144 valence electrons. The van der Waals surface area contributed by atoms with Gasteiger partial charge >= 0.3 is 0 Å². The number of aryl methyl sites for hydroxylation is 1. The van der Waals surface area contributed by atoms with Gasteiger partial charge in [-0.05, 0) is 48.4 Å². The van der Waals surface area contributed by atoms with Crippen LogP contribution < -0.4 is 4.90 Å². The van der Waals surface area contributed by atoms with Crippen molar-refractivity contribution in [2.45, 2.75) is 25.7 Å². The quantitative estimate of drug-likeness (QED) is 0.511. The number of hydrogen-bond donors (Lipinski definition) is 0. The molecule has 28 heavy (non-hydrogen) atoms. The molecule has 0 unspecified atom stereocenters. The Kier molecular flexibility index (Phi) is 5.94. The number of para-hydroxylation sites is 1. The lowest BCUT2D eigenvalue weighted by Gasteiger charge is -2.29. The van der Waals surface area contributed by atoms with Crippen molar-refractivity contribution in [1.29, 1.82) is 0 Å². The largest absolute Gasteiger partial charge is 0.312 e. The van der Waals surface area contributed by atoms with Crippen LogP contribution in [0.25, 0.3) is 6.08 Å². The molecule has 2 amide bonds. The summed E-state index contributed by atoms with van der Waals surface area (Å²) in [5.41, 5.74) is 2.26. The first-order chi connectivity index (χ1) is 13.6. The minimum Gasteiger partial charge on any atom is -0.312 e. The van der Waals surface area contributed by atoms with Gasteiger partial charge in [0.25, 0.3) is 5.91 Å². The third kappa shape index (κ3) is 4.06. The highest BCUT2D eigenvalue weighted by Gasteiger charge is 2.32. The van der Waals surface area contributed by atoms with Crippen LogP contribution in [0, 0.1) is 0 Å². The van der Waals surface area contributed by atoms with Crippen molar-refractivity contribution in [2.75, 3.05) is 18.0 Å². The van der Waals surface area contributed by atoms with Gasteiger partial charge in [-0.3, -0.25) is 14.5 Å². The molecule has 0 radical (unpaired) electrons. The molecule has 2 aliphatic heterocycles. The number of carbonyl (C=O) groups excluding carboxylic acids is 2. The summed E-state index contributed by atoms with van der Waals surface area (Å²) in [5, 5.41) is 1.98. The van der Waals surface area contributed by atoms with Gasteiger partial charge in [-0.25, -0.2) is 0 Å². The van der Waals surface area contributed by atoms with E-state index in [0.717, 1.165) is 30.0 Å². The number of hydrogen-bond acceptors (Lipinski definition) is 5. The summed E-state index contributed by atoms with van der Waals surface area (Å²) >= 11 is 8.31. The number of anilines is 1. The highest BCUT2D eigenvalue weighted by Crippen LogP contribution is 2.33. The Balaban J connectivity index is 1.35. The molecule has 1 aromatic heterocycles. The Labute approximate surface area is 178 Å². The lowest BCUT2D eigenvalue weighted by atomic mass is 10.0. The van der Waals surface area contributed by atoms with Crippen LogP contribution in [0.3, 0.4) is 0 Å². The maximum absolute atomic E-state index is 12.7. The van der Waals surface area contributed by atoms with E-state index in [1.807, 2.05) is 46.7 Å². The summed E-state index contributed by atoms with van der Waals surface area (Å²) in [5.74, 6) is 0.0610. The van der Waals surface area contributed by atoms with Crippen LogP contribution in [0.1, 0.15) is 29.7 Å². The van der Waals surface area contributed by atoms with Gasteiger partial charge in [-0.15, -0.1) is 11.3 Å². The van der Waals surface area contributed by atoms with E-state index in [4.69, 9.17) is 12.2 Å². The monoisotopic (exact) mass is 428 g/mol. The Morgan fingerprint density at radius 1 is 1.21 bits per heavy atom. The number of nitrogens with zero attached hydrogens (tertiary/aromatic N) is 2. The normalized spacial score (nSPS) is 18.1. The van der Waals surface area contributed by atoms with Crippen LogP contribution in [-0.4, -0.2) is 34.1 Å². The molecule has 1 aromatic carbocycles. The summed E-state index contributed by atoms with van der Waals surface area (Å²) in [6, 6.07) is 12.0. The maximum Gasteiger partial charge on any atom is 0.266 e. The number of amides is 2. The highest BCUT2D eigenvalue weighted by atomic mass is 32.2. The number of fused-ring (bicyclic) bond motifs is 1. The zero-order valence-electron chi connectivity index (χ0n) is 15.3. The van der Waals surface area contributed by atoms with Crippen molar-refractivity contribution in [3.05, 3.63) is 57.1 Å². The number of carbonyl (C=O) groups is 2. The predicted molar refractivity (Wildman–Crippen MR) is 121 cm³/mol. The zero-order valence-corrected chi connectivity index (χ0v) is 17.7. The first-order valence-corrected chi connectivity index (χ1v) is 11.4. The van der Waals surface area contributed by atoms with Gasteiger partial charge < -0.3 is 4.90 Å². The number of thiocarbonyl (C=S) groups is 1. The van der Waals surface area contributed by atoms with Crippen molar-refractivity contribution in [3.8, 4) is 0 Å². The standard InChI is InChI=1S/C21H20N2O2S3/c24-19(22-11-3-7-15-6-1-2-9-17(15)22)10-4-12-23-20(25)18(28-21(23)26)14-16-8-5-13-27-16/h1-2,5-6,8-9,13-14H,3-4,7,10-12H2. The number of rotatable bonds is 5. The molecule has 4 rings (SSSR count). The Morgan fingerprint density at radius 2 is 2.07 bits per heavy atom. The first kappa shape index (κ1) is 19.4. The van der Waals surface area contributed by atoms with Crippen molar-refractivity contribution in [3.63, 3.8) is 0 Å². The molecule has 4 nitrogen and oxygen atoms in total. The second-order valence-electron chi connectivity index (χ2n) is 6.73. The van der Waals surface area contributed by atoms with Gasteiger partial charge in [0.1, 0.15) is 4.32 Å². The molecule has 7 heteroatoms. The van der Waals surface area contributed by atoms with E-state index < -0.39 is 0 Å². The average molecular weight is 429 g/mol. The van der Waals surface area contributed by atoms with Gasteiger partial charge in [0, 0.05) is 30.1 Å². The van der Waals surface area contributed by atoms with Crippen molar-refractivity contribution in [2.24, 2.45) is 0 Å². The van der Waals surface area contributed by atoms with E-state index in [2.05, 4.69) is 6.07 Å². The summed E-state index contributed by atoms with van der Waals surface area (Å²) in [6.07, 6.45) is 4.92. The highest BCUT2D eigenvalue weighted by molar-refractivity contribution is 8.26. The van der Waals surface area contributed by atoms with Crippen LogP contribution in [0.5, 0.6) is 0 Å². The van der Waals surface area contributed by atoms with E-state index in [1.54, 1.807) is 16.2 Å². The minimum atomic E-state index is -0.0563. The first-order valence-electron chi connectivity index (χ1n) is 9.30. The molecule has 1 saturated heterocycles. The molecular formula is C21H20N2O2S3. The average Bonchev–Trinajstić information content (AvgIpc) is 3.31. The third-order valence-corrected chi connectivity index (χ3v) is 7.07. The minimum absolute atomic E-state index is 0.0563. The molecule has 0 saturated carbocycles. The topological polar surface area (TPSA) is 40.6 Å². The SMILES string of the molecule is O=C1C(=Cc2cccs2)SC(=S)N1CCCC(=O)N1CCCc2ccccc21. The molecule has 2 aromatic rings. The molecule has 2 aliphatic rings. The zero-order chi connectivity index (χ0) is 19.5. The predicted octanol–water partition coefficient (Wildman–Crippen LogP) is 4.71. The van der Waals surface area contributed by atoms with Gasteiger partial charge in [-0.1, -0.05) is 48.2 Å². The Hall–Kier alpha value is -1.96. The van der Waals surface area contributed by atoms with E-state index in [-0.39, 0.29) is 11.8 Å². The second kappa shape index (κ2) is 8.59. The molecular weight excluding hydrogens is 408 g/mol. The van der Waals surface area contributed by atoms with E-state index in [1.165, 1.54) is 17.3 Å². The van der Waals surface area contributed by atoms with Gasteiger partial charge in [0.05, 0.1) is 4.91 Å². The third-order valence-electron chi connectivity index (χ3n) is 4.87. The summed E-state index contributed by atoms with van der Waals surface area (Å²) in [4.78, 5) is 30.6. The fraction of sp³-hybridized carbons (Fsp3) is 0.286. The van der Waals surface area contributed by atoms with Crippen LogP contribution in [0.15, 0.2) is 46.7 Å². The molecule has 1 fully saturated rings. The second-order valence-corrected chi connectivity index (χ2v) is 9.39. The van der Waals surface area contributed by atoms with Gasteiger partial charge in [-0.2, -0.15) is 0 Å². The molecule has 0 N–H and O–H groups in total. The van der Waals surface area contributed by atoms with Gasteiger partial charge in [0.15, 0.2) is 0 Å². The van der Waals surface area contributed by atoms with Crippen LogP contribution in [-0.2, 0) is 16.0 Å². The fourth-order valence-corrected chi connectivity index (χ4v) is 5.54. The lowest BCUT2D eigenvalue weighted by Crippen LogP contribution is -2.36. The molecule has 3 heterocycles. The van der Waals surface area contributed by atoms with Crippen molar-refractivity contribution in [1.82, 2.24) is 4.90 Å². The number of benzene rings is 1. The van der Waals surface area contributed by atoms with Crippen LogP contribution in [0.4, 0.5) is 5.69 Å². The Bertz CT molecular complexity index is 937. The summed E-state index contributed by atoms with van der Waals surface area (Å²) in [6.45, 7) is 1.24. The van der Waals surface area contributed by atoms with E-state index in [9.17, 15) is 9.59 Å². The van der Waals surface area contributed by atoms with E-state index >= 15 is 0 Å². The fourth-order valence-electron chi connectivity index (χ4n) is 3.51. The van der Waals surface area contributed by atoms with Crippen LogP contribution >= 0.6 is 35.3 Å². The molecule has 0 bridgehead atoms. The number of thiophene rings is 1. The molecule has 0 atom stereocenters. The summed E-state index contributed by atoms with van der Waals surface area (Å²) < 4.78 is 0.573. The van der Waals surface area contributed by atoms with Crippen molar-refractivity contribution < 1.29 is 9.59 Å². The van der Waals surface area contributed by atoms with Crippen molar-refractivity contribution >= 4 is 63.2 Å². The van der Waals surface area contributed by atoms with E-state index in [0.29, 0.717) is 28.6 Å². The summed E-state index contributed by atoms with van der Waals surface area (Å²) in [7, 11) is 0. The molecule has 0 spiro atoms. The lowest BCUT2D eigenvalue weighted by molar-refractivity contribution is -0.123. The van der Waals surface area contributed by atoms with Crippen LogP contribution in [0.2, 0.25) is 0 Å². The van der Waals surface area contributed by atoms with Gasteiger partial charge in [0.2, 0.25) is 5.91 Å². The maximum atomic E-state index is 12.7.